The Morgan fingerprint density at radius 1 is 1.04 bits per heavy atom. The summed E-state index contributed by atoms with van der Waals surface area (Å²) in [5, 5.41) is 15.4. The highest BCUT2D eigenvalue weighted by Crippen LogP contribution is 2.43. The Bertz CT molecular complexity index is 892. The van der Waals surface area contributed by atoms with E-state index in [1.807, 2.05) is 19.2 Å². The first-order chi connectivity index (χ1) is 12.2. The quantitative estimate of drug-likeness (QED) is 0.682. The highest BCUT2D eigenvalue weighted by molar-refractivity contribution is 6.42. The number of fused-ring (bicyclic) bond motifs is 1. The van der Waals surface area contributed by atoms with E-state index in [0.29, 0.717) is 22.0 Å². The van der Waals surface area contributed by atoms with E-state index in [4.69, 9.17) is 23.2 Å². The summed E-state index contributed by atoms with van der Waals surface area (Å²) >= 11 is 12.3. The number of aromatic amines is 1. The minimum absolute atomic E-state index is 0.320. The summed E-state index contributed by atoms with van der Waals surface area (Å²) < 4.78 is 0. The van der Waals surface area contributed by atoms with Gasteiger partial charge in [-0.05, 0) is 54.8 Å². The van der Waals surface area contributed by atoms with E-state index in [0.717, 1.165) is 24.1 Å². The number of halogens is 2. The number of nitrogens with one attached hydrogen (secondary N) is 2. The molecule has 25 heavy (non-hydrogen) atoms. The molecule has 2 N–H and O–H groups in total. The van der Waals surface area contributed by atoms with E-state index in [1.165, 1.54) is 16.7 Å². The van der Waals surface area contributed by atoms with Crippen LogP contribution in [0.5, 0.6) is 0 Å². The van der Waals surface area contributed by atoms with Crippen LogP contribution in [-0.4, -0.2) is 22.5 Å². The van der Waals surface area contributed by atoms with Crippen LogP contribution in [0.3, 0.4) is 0 Å². The molecule has 1 aromatic heterocycles. The van der Waals surface area contributed by atoms with Gasteiger partial charge in [0, 0.05) is 17.5 Å². The molecule has 3 aromatic rings. The summed E-state index contributed by atoms with van der Waals surface area (Å²) in [6, 6.07) is 12.8. The number of hydrogen-bond donors (Lipinski definition) is 2. The third-order valence-corrected chi connectivity index (χ3v) is 5.73. The maximum absolute atomic E-state index is 6.25. The fourth-order valence-electron chi connectivity index (χ4n) is 3.71. The van der Waals surface area contributed by atoms with Crippen LogP contribution in [0.25, 0.3) is 11.3 Å². The zero-order valence-corrected chi connectivity index (χ0v) is 15.3. The zero-order valence-electron chi connectivity index (χ0n) is 13.8. The van der Waals surface area contributed by atoms with Crippen LogP contribution >= 0.6 is 23.2 Å². The average Bonchev–Trinajstić information content (AvgIpc) is 3.17. The van der Waals surface area contributed by atoms with Crippen molar-refractivity contribution in [2.75, 3.05) is 7.05 Å². The van der Waals surface area contributed by atoms with Gasteiger partial charge in [0.05, 0.1) is 16.2 Å². The van der Waals surface area contributed by atoms with Gasteiger partial charge >= 0.3 is 0 Å². The maximum atomic E-state index is 6.25. The van der Waals surface area contributed by atoms with Gasteiger partial charge in [0.2, 0.25) is 0 Å². The number of aromatic nitrogens is 3. The van der Waals surface area contributed by atoms with Gasteiger partial charge in [-0.1, -0.05) is 41.4 Å². The molecule has 6 heteroatoms. The second-order valence-electron chi connectivity index (χ2n) is 6.34. The fourth-order valence-corrected chi connectivity index (χ4v) is 4.02. The Morgan fingerprint density at radius 3 is 2.64 bits per heavy atom. The van der Waals surface area contributed by atoms with Crippen LogP contribution in [0.4, 0.5) is 0 Å². The molecule has 1 aliphatic rings. The highest BCUT2D eigenvalue weighted by Gasteiger charge is 2.28. The topological polar surface area (TPSA) is 53.6 Å². The van der Waals surface area contributed by atoms with E-state index in [9.17, 15) is 0 Å². The van der Waals surface area contributed by atoms with E-state index < -0.39 is 0 Å². The molecule has 128 valence electrons. The molecule has 2 unspecified atom stereocenters. The normalized spacial score (nSPS) is 19.6. The van der Waals surface area contributed by atoms with Crippen molar-refractivity contribution in [3.8, 4) is 11.3 Å². The number of rotatable bonds is 3. The summed E-state index contributed by atoms with van der Waals surface area (Å²) in [5.41, 5.74) is 5.78. The molecule has 0 aliphatic heterocycles. The first kappa shape index (κ1) is 16.6. The van der Waals surface area contributed by atoms with E-state index >= 15 is 0 Å². The third kappa shape index (κ3) is 3.06. The second kappa shape index (κ2) is 6.79. The molecule has 0 saturated heterocycles. The van der Waals surface area contributed by atoms with E-state index in [-0.39, 0.29) is 0 Å². The summed E-state index contributed by atoms with van der Waals surface area (Å²) in [5.74, 6) is 0.320. The number of H-pyrrole nitrogens is 1. The Morgan fingerprint density at radius 2 is 1.92 bits per heavy atom. The minimum atomic E-state index is 0.320. The molecular formula is C19H18Cl2N4. The Kier molecular flexibility index (Phi) is 4.50. The zero-order chi connectivity index (χ0) is 17.4. The van der Waals surface area contributed by atoms with Crippen LogP contribution < -0.4 is 5.32 Å². The smallest absolute Gasteiger partial charge is 0.112 e. The number of hydrogen-bond acceptors (Lipinski definition) is 3. The van der Waals surface area contributed by atoms with Crippen molar-refractivity contribution in [1.29, 1.82) is 0 Å². The van der Waals surface area contributed by atoms with Crippen LogP contribution in [0.2, 0.25) is 10.0 Å². The molecule has 2 atom stereocenters. The van der Waals surface area contributed by atoms with E-state index in [1.54, 1.807) is 6.20 Å². The Hall–Kier alpha value is -1.88. The molecular weight excluding hydrogens is 355 g/mol. The molecule has 0 amide bonds. The fraction of sp³-hybridized carbons (Fsp3) is 0.263. The van der Waals surface area contributed by atoms with Gasteiger partial charge in [-0.3, -0.25) is 0 Å². The van der Waals surface area contributed by atoms with Crippen LogP contribution in [-0.2, 0) is 0 Å². The average molecular weight is 373 g/mol. The van der Waals surface area contributed by atoms with Crippen molar-refractivity contribution < 1.29 is 0 Å². The van der Waals surface area contributed by atoms with Gasteiger partial charge < -0.3 is 5.32 Å². The lowest BCUT2D eigenvalue weighted by Gasteiger charge is -2.32. The van der Waals surface area contributed by atoms with Crippen molar-refractivity contribution >= 4 is 23.2 Å². The lowest BCUT2D eigenvalue weighted by Crippen LogP contribution is -2.24. The third-order valence-electron chi connectivity index (χ3n) is 4.99. The Balaban J connectivity index is 1.80. The molecule has 4 rings (SSSR count). The van der Waals surface area contributed by atoms with Gasteiger partial charge in [0.1, 0.15) is 5.69 Å². The second-order valence-corrected chi connectivity index (χ2v) is 7.16. The summed E-state index contributed by atoms with van der Waals surface area (Å²) in [7, 11) is 2.01. The first-order valence-electron chi connectivity index (χ1n) is 8.29. The SMILES string of the molecule is CNC1CCC(c2ccc(Cl)c(Cl)c2)c2ccc(-c3cn[nH]n3)cc21. The van der Waals surface area contributed by atoms with Crippen molar-refractivity contribution in [3.05, 3.63) is 69.3 Å². The Labute approximate surface area is 156 Å². The van der Waals surface area contributed by atoms with Crippen LogP contribution in [0, 0.1) is 0 Å². The van der Waals surface area contributed by atoms with Gasteiger partial charge in [0.15, 0.2) is 0 Å². The molecule has 0 saturated carbocycles. The minimum Gasteiger partial charge on any atom is -0.313 e. The standard InChI is InChI=1S/C19H18Cl2N4/c1-22-18-7-5-13(11-3-6-16(20)17(21)9-11)14-4-2-12(8-15(14)18)19-10-23-25-24-19/h2-4,6,8-10,13,18,22H,5,7H2,1H3,(H,23,24,25). The lowest BCUT2D eigenvalue weighted by atomic mass is 9.76. The van der Waals surface area contributed by atoms with Crippen molar-refractivity contribution in [2.24, 2.45) is 0 Å². The molecule has 1 aliphatic carbocycles. The van der Waals surface area contributed by atoms with Gasteiger partial charge in [-0.15, -0.1) is 0 Å². The summed E-state index contributed by atoms with van der Waals surface area (Å²) in [6.07, 6.45) is 3.88. The number of nitrogens with zero attached hydrogens (tertiary/aromatic N) is 2. The first-order valence-corrected chi connectivity index (χ1v) is 9.05. The van der Waals surface area contributed by atoms with Crippen LogP contribution in [0.1, 0.15) is 41.5 Å². The molecule has 0 fully saturated rings. The molecule has 0 bridgehead atoms. The largest absolute Gasteiger partial charge is 0.313 e. The predicted octanol–water partition coefficient (Wildman–Crippen LogP) is 4.96. The molecule has 2 aromatic carbocycles. The summed E-state index contributed by atoms with van der Waals surface area (Å²) in [4.78, 5) is 0. The molecule has 4 nitrogen and oxygen atoms in total. The van der Waals surface area contributed by atoms with Gasteiger partial charge in [0.25, 0.3) is 0 Å². The molecule has 0 radical (unpaired) electrons. The van der Waals surface area contributed by atoms with Gasteiger partial charge in [-0.2, -0.15) is 15.4 Å². The monoisotopic (exact) mass is 372 g/mol. The highest BCUT2D eigenvalue weighted by atomic mass is 35.5. The maximum Gasteiger partial charge on any atom is 0.112 e. The van der Waals surface area contributed by atoms with E-state index in [2.05, 4.69) is 45.0 Å². The van der Waals surface area contributed by atoms with Crippen molar-refractivity contribution in [2.45, 2.75) is 24.8 Å². The number of benzene rings is 2. The lowest BCUT2D eigenvalue weighted by molar-refractivity contribution is 0.471. The summed E-state index contributed by atoms with van der Waals surface area (Å²) in [6.45, 7) is 0. The van der Waals surface area contributed by atoms with Crippen molar-refractivity contribution in [1.82, 2.24) is 20.7 Å². The predicted molar refractivity (Wildman–Crippen MR) is 101 cm³/mol. The molecule has 0 spiro atoms. The van der Waals surface area contributed by atoms with Crippen LogP contribution in [0.15, 0.2) is 42.6 Å². The van der Waals surface area contributed by atoms with Crippen molar-refractivity contribution in [3.63, 3.8) is 0 Å². The van der Waals surface area contributed by atoms with Gasteiger partial charge in [-0.25, -0.2) is 0 Å². The molecule has 1 heterocycles.